The first-order valence-corrected chi connectivity index (χ1v) is 6.38. The Morgan fingerprint density at radius 3 is 2.58 bits per heavy atom. The van der Waals surface area contributed by atoms with Crippen LogP contribution in [0.3, 0.4) is 0 Å². The van der Waals surface area contributed by atoms with Crippen molar-refractivity contribution in [1.29, 1.82) is 0 Å². The number of benzene rings is 1. The van der Waals surface area contributed by atoms with E-state index in [0.717, 1.165) is 31.0 Å². The monoisotopic (exact) mass is 255 g/mol. The lowest BCUT2D eigenvalue weighted by Crippen LogP contribution is -2.56. The van der Waals surface area contributed by atoms with Crippen molar-refractivity contribution in [3.8, 4) is 0 Å². The van der Waals surface area contributed by atoms with Crippen LogP contribution in [0.5, 0.6) is 0 Å². The van der Waals surface area contributed by atoms with Crippen LogP contribution in [0.2, 0.25) is 0 Å². The molecule has 1 aliphatic heterocycles. The zero-order valence-corrected chi connectivity index (χ0v) is 10.7. The van der Waals surface area contributed by atoms with E-state index in [1.807, 2.05) is 24.3 Å². The first kappa shape index (κ1) is 11.9. The second-order valence-corrected chi connectivity index (χ2v) is 4.90. The Bertz CT molecular complexity index is 563. The summed E-state index contributed by atoms with van der Waals surface area (Å²) < 4.78 is 0. The summed E-state index contributed by atoms with van der Waals surface area (Å²) >= 11 is 0. The molecular weight excluding hydrogens is 238 g/mol. The fourth-order valence-corrected chi connectivity index (χ4v) is 2.26. The Kier molecular flexibility index (Phi) is 3.05. The summed E-state index contributed by atoms with van der Waals surface area (Å²) in [4.78, 5) is 10.7. The van der Waals surface area contributed by atoms with Crippen molar-refractivity contribution >= 4 is 11.8 Å². The summed E-state index contributed by atoms with van der Waals surface area (Å²) in [6.07, 6.45) is 0.764. The van der Waals surface area contributed by atoms with E-state index in [2.05, 4.69) is 27.0 Å². The number of anilines is 2. The molecular formula is C14H17N5. The third-order valence-corrected chi connectivity index (χ3v) is 3.24. The van der Waals surface area contributed by atoms with Crippen molar-refractivity contribution in [1.82, 2.24) is 9.97 Å². The van der Waals surface area contributed by atoms with Crippen LogP contribution in [-0.4, -0.2) is 29.1 Å². The molecule has 1 aliphatic rings. The summed E-state index contributed by atoms with van der Waals surface area (Å²) in [6.45, 7) is 1.67. The van der Waals surface area contributed by atoms with Gasteiger partial charge in [-0.2, -0.15) is 4.98 Å². The highest BCUT2D eigenvalue weighted by atomic mass is 15.3. The zero-order chi connectivity index (χ0) is 13.2. The average molecular weight is 255 g/mol. The third kappa shape index (κ3) is 2.66. The first-order chi connectivity index (χ1) is 9.20. The third-order valence-electron chi connectivity index (χ3n) is 3.24. The maximum atomic E-state index is 5.79. The van der Waals surface area contributed by atoms with Gasteiger partial charge in [0.2, 0.25) is 5.95 Å². The molecule has 98 valence electrons. The number of aromatic nitrogens is 2. The number of nitrogens with two attached hydrogens (primary N) is 2. The maximum absolute atomic E-state index is 5.79. The number of hydrogen-bond acceptors (Lipinski definition) is 5. The minimum atomic E-state index is 0.244. The minimum absolute atomic E-state index is 0.244. The molecule has 0 atom stereocenters. The van der Waals surface area contributed by atoms with E-state index in [4.69, 9.17) is 11.5 Å². The Hall–Kier alpha value is -2.14. The zero-order valence-electron chi connectivity index (χ0n) is 10.7. The molecule has 19 heavy (non-hydrogen) atoms. The lowest BCUT2D eigenvalue weighted by molar-refractivity contribution is 0.514. The Morgan fingerprint density at radius 1 is 1.16 bits per heavy atom. The van der Waals surface area contributed by atoms with Crippen molar-refractivity contribution in [3.05, 3.63) is 47.7 Å². The highest BCUT2D eigenvalue weighted by Crippen LogP contribution is 2.20. The van der Waals surface area contributed by atoms with Gasteiger partial charge in [0, 0.05) is 31.6 Å². The van der Waals surface area contributed by atoms with E-state index in [-0.39, 0.29) is 6.04 Å². The molecule has 5 nitrogen and oxygen atoms in total. The molecule has 5 heteroatoms. The fraction of sp³-hybridized carbons (Fsp3) is 0.286. The smallest absolute Gasteiger partial charge is 0.222 e. The van der Waals surface area contributed by atoms with Crippen LogP contribution < -0.4 is 16.4 Å². The minimum Gasteiger partial charge on any atom is -0.368 e. The van der Waals surface area contributed by atoms with E-state index in [0.29, 0.717) is 5.95 Å². The number of rotatable bonds is 3. The summed E-state index contributed by atoms with van der Waals surface area (Å²) in [6, 6.07) is 12.5. The normalized spacial score (nSPS) is 15.3. The Labute approximate surface area is 112 Å². The van der Waals surface area contributed by atoms with E-state index in [1.54, 1.807) is 0 Å². The number of hydrogen-bond donors (Lipinski definition) is 2. The molecule has 0 radical (unpaired) electrons. The fourth-order valence-electron chi connectivity index (χ4n) is 2.26. The predicted octanol–water partition coefficient (Wildman–Crippen LogP) is 0.797. The van der Waals surface area contributed by atoms with Gasteiger partial charge in [0.05, 0.1) is 5.69 Å². The first-order valence-electron chi connectivity index (χ1n) is 6.38. The lowest BCUT2D eigenvalue weighted by Gasteiger charge is -2.37. The van der Waals surface area contributed by atoms with Crippen LogP contribution >= 0.6 is 0 Å². The van der Waals surface area contributed by atoms with Gasteiger partial charge in [-0.1, -0.05) is 30.3 Å². The van der Waals surface area contributed by atoms with Crippen LogP contribution in [0.1, 0.15) is 11.3 Å². The molecule has 1 saturated heterocycles. The molecule has 0 bridgehead atoms. The highest BCUT2D eigenvalue weighted by molar-refractivity contribution is 5.47. The van der Waals surface area contributed by atoms with E-state index in [9.17, 15) is 0 Å². The standard InChI is InChI=1S/C14H17N5/c15-11-8-19(9-11)13-7-12(17-14(16)18-13)6-10-4-2-1-3-5-10/h1-5,7,11H,6,8-9,15H2,(H2,16,17,18). The van der Waals surface area contributed by atoms with Gasteiger partial charge in [-0.3, -0.25) is 0 Å². The van der Waals surface area contributed by atoms with Crippen molar-refractivity contribution in [2.24, 2.45) is 5.73 Å². The lowest BCUT2D eigenvalue weighted by atomic mass is 10.1. The molecule has 1 aromatic heterocycles. The van der Waals surface area contributed by atoms with Crippen LogP contribution in [0.25, 0.3) is 0 Å². The molecule has 4 N–H and O–H groups in total. The predicted molar refractivity (Wildman–Crippen MR) is 75.9 cm³/mol. The van der Waals surface area contributed by atoms with Gasteiger partial charge in [-0.05, 0) is 5.56 Å². The second-order valence-electron chi connectivity index (χ2n) is 4.90. The molecule has 2 aromatic rings. The summed E-state index contributed by atoms with van der Waals surface area (Å²) in [5.74, 6) is 1.20. The molecule has 1 fully saturated rings. The molecule has 0 unspecified atom stereocenters. The van der Waals surface area contributed by atoms with Gasteiger partial charge in [-0.15, -0.1) is 0 Å². The molecule has 2 heterocycles. The molecule has 3 rings (SSSR count). The highest BCUT2D eigenvalue weighted by Gasteiger charge is 2.24. The van der Waals surface area contributed by atoms with Crippen molar-refractivity contribution in [3.63, 3.8) is 0 Å². The second kappa shape index (κ2) is 4.85. The van der Waals surface area contributed by atoms with Gasteiger partial charge in [0.15, 0.2) is 0 Å². The van der Waals surface area contributed by atoms with E-state index >= 15 is 0 Å². The van der Waals surface area contributed by atoms with Crippen molar-refractivity contribution < 1.29 is 0 Å². The average Bonchev–Trinajstić information content (AvgIpc) is 2.35. The maximum Gasteiger partial charge on any atom is 0.222 e. The molecule has 0 aliphatic carbocycles. The molecule has 0 spiro atoms. The number of nitrogens with zero attached hydrogens (tertiary/aromatic N) is 3. The quantitative estimate of drug-likeness (QED) is 0.847. The largest absolute Gasteiger partial charge is 0.368 e. The SMILES string of the molecule is Nc1nc(Cc2ccccc2)cc(N2CC(N)C2)n1. The van der Waals surface area contributed by atoms with Crippen LogP contribution in [-0.2, 0) is 6.42 Å². The Morgan fingerprint density at radius 2 is 1.89 bits per heavy atom. The summed E-state index contributed by atoms with van der Waals surface area (Å²) in [5, 5.41) is 0. The van der Waals surface area contributed by atoms with Crippen molar-refractivity contribution in [2.45, 2.75) is 12.5 Å². The van der Waals surface area contributed by atoms with Crippen molar-refractivity contribution in [2.75, 3.05) is 23.7 Å². The van der Waals surface area contributed by atoms with Crippen LogP contribution in [0, 0.1) is 0 Å². The summed E-state index contributed by atoms with van der Waals surface area (Å²) in [7, 11) is 0. The van der Waals surface area contributed by atoms with Gasteiger partial charge < -0.3 is 16.4 Å². The van der Waals surface area contributed by atoms with Gasteiger partial charge >= 0.3 is 0 Å². The summed E-state index contributed by atoms with van der Waals surface area (Å²) in [5.41, 5.74) is 13.7. The van der Waals surface area contributed by atoms with Crippen LogP contribution in [0.4, 0.5) is 11.8 Å². The Balaban J connectivity index is 1.82. The molecule has 0 saturated carbocycles. The number of nitrogen functional groups attached to an aromatic ring is 1. The van der Waals surface area contributed by atoms with Gasteiger partial charge in [0.1, 0.15) is 5.82 Å². The van der Waals surface area contributed by atoms with E-state index < -0.39 is 0 Å². The van der Waals surface area contributed by atoms with Gasteiger partial charge in [-0.25, -0.2) is 4.98 Å². The molecule has 1 aromatic carbocycles. The van der Waals surface area contributed by atoms with Crippen LogP contribution in [0.15, 0.2) is 36.4 Å². The molecule has 0 amide bonds. The topological polar surface area (TPSA) is 81.1 Å². The van der Waals surface area contributed by atoms with Gasteiger partial charge in [0.25, 0.3) is 0 Å². The van der Waals surface area contributed by atoms with E-state index in [1.165, 1.54) is 5.56 Å².